The SMILES string of the molecule is CC1CCCC(C)N1S(=O)(=O)c1cccc(O)c1. The quantitative estimate of drug-likeness (QED) is 0.896. The zero-order valence-corrected chi connectivity index (χ0v) is 11.5. The van der Waals surface area contributed by atoms with E-state index in [-0.39, 0.29) is 22.7 Å². The van der Waals surface area contributed by atoms with Crippen LogP contribution in [0.4, 0.5) is 0 Å². The molecule has 1 saturated heterocycles. The Morgan fingerprint density at radius 3 is 2.39 bits per heavy atom. The molecule has 1 aliphatic heterocycles. The average molecular weight is 269 g/mol. The number of sulfonamides is 1. The van der Waals surface area contributed by atoms with Gasteiger partial charge >= 0.3 is 0 Å². The van der Waals surface area contributed by atoms with Crippen molar-refractivity contribution in [1.29, 1.82) is 0 Å². The number of hydrogen-bond acceptors (Lipinski definition) is 3. The molecule has 1 fully saturated rings. The van der Waals surface area contributed by atoms with Crippen molar-refractivity contribution in [3.05, 3.63) is 24.3 Å². The second-order valence-corrected chi connectivity index (χ2v) is 6.80. The van der Waals surface area contributed by atoms with Gasteiger partial charge in [0.1, 0.15) is 5.75 Å². The largest absolute Gasteiger partial charge is 0.508 e. The summed E-state index contributed by atoms with van der Waals surface area (Å²) in [6.45, 7) is 3.88. The van der Waals surface area contributed by atoms with E-state index in [0.29, 0.717) is 0 Å². The Kier molecular flexibility index (Phi) is 3.64. The van der Waals surface area contributed by atoms with Gasteiger partial charge in [-0.1, -0.05) is 12.5 Å². The standard InChI is InChI=1S/C13H19NO3S/c1-10-5-3-6-11(2)14(10)18(16,17)13-8-4-7-12(15)9-13/h4,7-11,15H,3,5-6H2,1-2H3. The van der Waals surface area contributed by atoms with E-state index in [1.165, 1.54) is 18.2 Å². The molecule has 2 atom stereocenters. The highest BCUT2D eigenvalue weighted by atomic mass is 32.2. The number of hydrogen-bond donors (Lipinski definition) is 1. The number of rotatable bonds is 2. The lowest BCUT2D eigenvalue weighted by Gasteiger charge is -2.37. The minimum Gasteiger partial charge on any atom is -0.508 e. The predicted octanol–water partition coefficient (Wildman–Crippen LogP) is 2.34. The second-order valence-electron chi connectivity index (χ2n) is 4.96. The third-order valence-electron chi connectivity index (χ3n) is 3.51. The van der Waals surface area contributed by atoms with E-state index >= 15 is 0 Å². The number of piperidine rings is 1. The molecule has 1 heterocycles. The van der Waals surface area contributed by atoms with Gasteiger partial charge in [-0.25, -0.2) is 8.42 Å². The lowest BCUT2D eigenvalue weighted by Crippen LogP contribution is -2.47. The molecule has 100 valence electrons. The molecule has 1 aromatic rings. The van der Waals surface area contributed by atoms with Crippen LogP contribution in [0, 0.1) is 0 Å². The lowest BCUT2D eigenvalue weighted by atomic mass is 10.0. The van der Waals surface area contributed by atoms with Gasteiger partial charge in [-0.05, 0) is 44.9 Å². The maximum Gasteiger partial charge on any atom is 0.243 e. The minimum absolute atomic E-state index is 0.0149. The van der Waals surface area contributed by atoms with Crippen molar-refractivity contribution >= 4 is 10.0 Å². The van der Waals surface area contributed by atoms with Gasteiger partial charge in [0.25, 0.3) is 0 Å². The van der Waals surface area contributed by atoms with Gasteiger partial charge in [-0.15, -0.1) is 0 Å². The summed E-state index contributed by atoms with van der Waals surface area (Å²) in [4.78, 5) is 0.170. The first-order chi connectivity index (χ1) is 8.43. The molecule has 0 amide bonds. The Hall–Kier alpha value is -1.07. The summed E-state index contributed by atoms with van der Waals surface area (Å²) >= 11 is 0. The van der Waals surface area contributed by atoms with Crippen LogP contribution >= 0.6 is 0 Å². The third kappa shape index (κ3) is 2.37. The smallest absolute Gasteiger partial charge is 0.243 e. The number of phenolic OH excluding ortho intramolecular Hbond substituents is 1. The number of benzene rings is 1. The monoisotopic (exact) mass is 269 g/mol. The maximum absolute atomic E-state index is 12.6. The zero-order chi connectivity index (χ0) is 13.3. The summed E-state index contributed by atoms with van der Waals surface area (Å²) in [6.07, 6.45) is 2.85. The lowest BCUT2D eigenvalue weighted by molar-refractivity contribution is 0.204. The van der Waals surface area contributed by atoms with Crippen molar-refractivity contribution < 1.29 is 13.5 Å². The molecule has 0 spiro atoms. The van der Waals surface area contributed by atoms with Gasteiger partial charge in [0, 0.05) is 12.1 Å². The van der Waals surface area contributed by atoms with E-state index in [4.69, 9.17) is 0 Å². The highest BCUT2D eigenvalue weighted by Gasteiger charge is 2.35. The Balaban J connectivity index is 2.41. The summed E-state index contributed by atoms with van der Waals surface area (Å²) < 4.78 is 26.7. The van der Waals surface area contributed by atoms with Crippen LogP contribution in [0.15, 0.2) is 29.2 Å². The zero-order valence-electron chi connectivity index (χ0n) is 10.7. The molecule has 5 heteroatoms. The Morgan fingerprint density at radius 1 is 1.22 bits per heavy atom. The first-order valence-electron chi connectivity index (χ1n) is 6.25. The average Bonchev–Trinajstić information content (AvgIpc) is 2.28. The van der Waals surface area contributed by atoms with Crippen LogP contribution in [0.25, 0.3) is 0 Å². The summed E-state index contributed by atoms with van der Waals surface area (Å²) in [5.74, 6) is -0.0200. The highest BCUT2D eigenvalue weighted by Crippen LogP contribution is 2.30. The molecule has 1 N–H and O–H groups in total. The molecule has 1 aliphatic rings. The van der Waals surface area contributed by atoms with E-state index in [9.17, 15) is 13.5 Å². The number of phenols is 1. The van der Waals surface area contributed by atoms with Crippen LogP contribution in [0.5, 0.6) is 5.75 Å². The first kappa shape index (κ1) is 13.4. The van der Waals surface area contributed by atoms with Crippen LogP contribution in [0.3, 0.4) is 0 Å². The summed E-state index contributed by atoms with van der Waals surface area (Å²) in [5.41, 5.74) is 0. The van der Waals surface area contributed by atoms with Crippen LogP contribution in [0.2, 0.25) is 0 Å². The molecule has 0 saturated carbocycles. The van der Waals surface area contributed by atoms with Gasteiger partial charge < -0.3 is 5.11 Å². The summed E-state index contributed by atoms with van der Waals surface area (Å²) in [6, 6.07) is 5.90. The van der Waals surface area contributed by atoms with Crippen LogP contribution in [-0.4, -0.2) is 29.9 Å². The fraction of sp³-hybridized carbons (Fsp3) is 0.538. The van der Waals surface area contributed by atoms with E-state index < -0.39 is 10.0 Å². The van der Waals surface area contributed by atoms with Gasteiger partial charge in [0.2, 0.25) is 10.0 Å². The molecule has 0 aromatic heterocycles. The number of nitrogens with zero attached hydrogens (tertiary/aromatic N) is 1. The Labute approximate surface area is 108 Å². The third-order valence-corrected chi connectivity index (χ3v) is 5.63. The van der Waals surface area contributed by atoms with Crippen LogP contribution in [0.1, 0.15) is 33.1 Å². The second kappa shape index (κ2) is 4.90. The molecule has 0 bridgehead atoms. The van der Waals surface area contributed by atoms with Gasteiger partial charge in [-0.2, -0.15) is 4.31 Å². The minimum atomic E-state index is -3.51. The molecular weight excluding hydrogens is 250 g/mol. The van der Waals surface area contributed by atoms with Gasteiger partial charge in [0.05, 0.1) is 4.90 Å². The summed E-state index contributed by atoms with van der Waals surface area (Å²) in [7, 11) is -3.51. The Morgan fingerprint density at radius 2 is 1.83 bits per heavy atom. The highest BCUT2D eigenvalue weighted by molar-refractivity contribution is 7.89. The Bertz CT molecular complexity index is 517. The topological polar surface area (TPSA) is 57.6 Å². The van der Waals surface area contributed by atoms with Crippen molar-refractivity contribution in [3.8, 4) is 5.75 Å². The maximum atomic E-state index is 12.6. The molecular formula is C13H19NO3S. The summed E-state index contributed by atoms with van der Waals surface area (Å²) in [5, 5.41) is 9.42. The number of aromatic hydroxyl groups is 1. The molecule has 2 unspecified atom stereocenters. The van der Waals surface area contributed by atoms with E-state index in [1.54, 1.807) is 10.4 Å². The van der Waals surface area contributed by atoms with Crippen LogP contribution < -0.4 is 0 Å². The van der Waals surface area contributed by atoms with Crippen molar-refractivity contribution in [2.24, 2.45) is 0 Å². The van der Waals surface area contributed by atoms with Gasteiger partial charge in [-0.3, -0.25) is 0 Å². The van der Waals surface area contributed by atoms with Crippen LogP contribution in [-0.2, 0) is 10.0 Å². The van der Waals surface area contributed by atoms with E-state index in [2.05, 4.69) is 0 Å². The normalized spacial score (nSPS) is 26.1. The van der Waals surface area contributed by atoms with E-state index in [0.717, 1.165) is 19.3 Å². The fourth-order valence-electron chi connectivity index (χ4n) is 2.64. The molecule has 0 aliphatic carbocycles. The van der Waals surface area contributed by atoms with E-state index in [1.807, 2.05) is 13.8 Å². The molecule has 1 aromatic carbocycles. The molecule has 4 nitrogen and oxygen atoms in total. The molecule has 2 rings (SSSR count). The van der Waals surface area contributed by atoms with Crippen molar-refractivity contribution in [1.82, 2.24) is 4.31 Å². The first-order valence-corrected chi connectivity index (χ1v) is 7.69. The van der Waals surface area contributed by atoms with Gasteiger partial charge in [0.15, 0.2) is 0 Å². The molecule has 0 radical (unpaired) electrons. The molecule has 18 heavy (non-hydrogen) atoms. The van der Waals surface area contributed by atoms with Crippen molar-refractivity contribution in [2.45, 2.75) is 50.1 Å². The fourth-order valence-corrected chi connectivity index (χ4v) is 4.56. The predicted molar refractivity (Wildman–Crippen MR) is 69.9 cm³/mol. The van der Waals surface area contributed by atoms with Crippen molar-refractivity contribution in [2.75, 3.05) is 0 Å². The van der Waals surface area contributed by atoms with Crippen molar-refractivity contribution in [3.63, 3.8) is 0 Å².